The van der Waals surface area contributed by atoms with Crippen molar-refractivity contribution in [3.05, 3.63) is 99.4 Å². The Kier molecular flexibility index (Phi) is 7.95. The summed E-state index contributed by atoms with van der Waals surface area (Å²) < 4.78 is 17.9. The van der Waals surface area contributed by atoms with Crippen molar-refractivity contribution in [1.29, 1.82) is 5.41 Å². The Morgan fingerprint density at radius 1 is 1.03 bits per heavy atom. The van der Waals surface area contributed by atoms with Gasteiger partial charge in [-0.3, -0.25) is 15.1 Å². The summed E-state index contributed by atoms with van der Waals surface area (Å²) in [7, 11) is 1.56. The van der Waals surface area contributed by atoms with Crippen molar-refractivity contribution in [2.24, 2.45) is 4.99 Å². The number of methoxy groups -OCH3 is 1. The van der Waals surface area contributed by atoms with Crippen LogP contribution in [0.2, 0.25) is 0 Å². The van der Waals surface area contributed by atoms with E-state index in [1.807, 2.05) is 72.1 Å². The number of ether oxygens (including phenoxy) is 3. The Balaban J connectivity index is 1.31. The molecule has 0 bridgehead atoms. The molecule has 9 heteroatoms. The molecule has 0 fully saturated rings. The highest BCUT2D eigenvalue weighted by molar-refractivity contribution is 9.10. The molecule has 0 atom stereocenters. The molecule has 3 aromatic carbocycles. The largest absolute Gasteiger partial charge is 0.493 e. The van der Waals surface area contributed by atoms with Crippen molar-refractivity contribution < 1.29 is 19.0 Å². The van der Waals surface area contributed by atoms with E-state index < -0.39 is 5.91 Å². The fourth-order valence-corrected chi connectivity index (χ4v) is 5.45. The van der Waals surface area contributed by atoms with Gasteiger partial charge < -0.3 is 14.2 Å². The van der Waals surface area contributed by atoms with Gasteiger partial charge in [0.2, 0.25) is 0 Å². The predicted molar refractivity (Wildman–Crippen MR) is 155 cm³/mol. The lowest BCUT2D eigenvalue weighted by Gasteiger charge is -2.27. The molecule has 0 aliphatic carbocycles. The smallest absolute Gasteiger partial charge is 0.283 e. The SMILES string of the molecule is COc1cc(/C=C2/C(=N)N3C(c4ccccc4)=CSC3=NC2=O)cc(Br)c1OCCCOc1ccccc1. The van der Waals surface area contributed by atoms with Crippen LogP contribution in [-0.4, -0.2) is 42.1 Å². The molecule has 0 saturated carbocycles. The van der Waals surface area contributed by atoms with Gasteiger partial charge in [0.05, 0.1) is 36.1 Å². The second-order valence-electron chi connectivity index (χ2n) is 8.33. The number of amides is 1. The number of benzene rings is 3. The molecule has 1 amide bonds. The number of nitrogens with one attached hydrogen (secondary N) is 1. The summed E-state index contributed by atoms with van der Waals surface area (Å²) in [5, 5.41) is 11.2. The van der Waals surface area contributed by atoms with Crippen LogP contribution in [0.4, 0.5) is 0 Å². The molecular formula is C29H24BrN3O4S. The van der Waals surface area contributed by atoms with Crippen LogP contribution in [0.25, 0.3) is 11.8 Å². The molecule has 2 aliphatic rings. The molecule has 3 aromatic rings. The van der Waals surface area contributed by atoms with Crippen LogP contribution in [0.5, 0.6) is 17.2 Å². The Bertz CT molecular complexity index is 1460. The maximum absolute atomic E-state index is 12.9. The first-order chi connectivity index (χ1) is 18.5. The van der Waals surface area contributed by atoms with E-state index in [0.29, 0.717) is 46.3 Å². The second kappa shape index (κ2) is 11.7. The molecule has 38 heavy (non-hydrogen) atoms. The normalized spacial score (nSPS) is 15.7. The third-order valence-electron chi connectivity index (χ3n) is 5.79. The maximum Gasteiger partial charge on any atom is 0.283 e. The quantitative estimate of drug-likeness (QED) is 0.223. The molecule has 0 unspecified atom stereocenters. The molecular weight excluding hydrogens is 566 g/mol. The van der Waals surface area contributed by atoms with Gasteiger partial charge in [0, 0.05) is 11.8 Å². The van der Waals surface area contributed by atoms with Crippen molar-refractivity contribution in [3.8, 4) is 17.2 Å². The summed E-state index contributed by atoms with van der Waals surface area (Å²) in [5.74, 6) is 1.52. The summed E-state index contributed by atoms with van der Waals surface area (Å²) >= 11 is 4.91. The predicted octanol–water partition coefficient (Wildman–Crippen LogP) is 6.61. The highest BCUT2D eigenvalue weighted by Crippen LogP contribution is 2.39. The number of para-hydroxylation sites is 1. The van der Waals surface area contributed by atoms with Gasteiger partial charge in [-0.05, 0) is 57.4 Å². The number of fused-ring (bicyclic) bond motifs is 1. The van der Waals surface area contributed by atoms with Crippen LogP contribution in [0.3, 0.4) is 0 Å². The number of carbonyl (C=O) groups is 1. The highest BCUT2D eigenvalue weighted by atomic mass is 79.9. The molecule has 0 radical (unpaired) electrons. The van der Waals surface area contributed by atoms with Crippen LogP contribution in [-0.2, 0) is 4.79 Å². The lowest BCUT2D eigenvalue weighted by Crippen LogP contribution is -2.38. The molecule has 0 saturated heterocycles. The number of hydrogen-bond donors (Lipinski definition) is 1. The molecule has 2 heterocycles. The van der Waals surface area contributed by atoms with Crippen molar-refractivity contribution in [3.63, 3.8) is 0 Å². The summed E-state index contributed by atoms with van der Waals surface area (Å²) in [5.41, 5.74) is 2.64. The Labute approximate surface area is 233 Å². The van der Waals surface area contributed by atoms with E-state index in [4.69, 9.17) is 19.6 Å². The minimum atomic E-state index is -0.453. The van der Waals surface area contributed by atoms with E-state index >= 15 is 0 Å². The molecule has 0 spiro atoms. The zero-order chi connectivity index (χ0) is 26.5. The zero-order valence-corrected chi connectivity index (χ0v) is 22.9. The van der Waals surface area contributed by atoms with Crippen LogP contribution in [0, 0.1) is 5.41 Å². The first-order valence-corrected chi connectivity index (χ1v) is 13.6. The van der Waals surface area contributed by atoms with E-state index in [1.54, 1.807) is 24.2 Å². The minimum absolute atomic E-state index is 0.0777. The van der Waals surface area contributed by atoms with Crippen LogP contribution < -0.4 is 14.2 Å². The third kappa shape index (κ3) is 5.54. The second-order valence-corrected chi connectivity index (χ2v) is 10.0. The average Bonchev–Trinajstić information content (AvgIpc) is 3.36. The number of amidine groups is 2. The molecule has 1 N–H and O–H groups in total. The van der Waals surface area contributed by atoms with Crippen LogP contribution >= 0.6 is 27.7 Å². The van der Waals surface area contributed by atoms with Gasteiger partial charge in [-0.25, -0.2) is 0 Å². The minimum Gasteiger partial charge on any atom is -0.493 e. The summed E-state index contributed by atoms with van der Waals surface area (Å²) in [6.07, 6.45) is 2.34. The molecule has 5 rings (SSSR count). The zero-order valence-electron chi connectivity index (χ0n) is 20.5. The standard InChI is InChI=1S/C29H24BrN3O4S/c1-35-25-17-19(16-23(30)26(25)37-14-8-13-36-21-11-6-3-7-12-21)15-22-27(31)33-24(20-9-4-2-5-10-20)18-38-29(33)32-28(22)34/h2-7,9-12,15-18,31H,8,13-14H2,1H3/b22-15-,31-27?. The topological polar surface area (TPSA) is 84.2 Å². The lowest BCUT2D eigenvalue weighted by molar-refractivity contribution is -0.114. The number of carbonyl (C=O) groups excluding carboxylic acids is 1. The third-order valence-corrected chi connectivity index (χ3v) is 7.21. The van der Waals surface area contributed by atoms with E-state index in [-0.39, 0.29) is 11.4 Å². The number of hydrogen-bond acceptors (Lipinski definition) is 6. The molecule has 192 valence electrons. The van der Waals surface area contributed by atoms with Crippen molar-refractivity contribution in [2.75, 3.05) is 20.3 Å². The summed E-state index contributed by atoms with van der Waals surface area (Å²) in [6, 6.07) is 23.0. The fraction of sp³-hybridized carbons (Fsp3) is 0.138. The van der Waals surface area contributed by atoms with Gasteiger partial charge >= 0.3 is 0 Å². The van der Waals surface area contributed by atoms with Gasteiger partial charge in [-0.2, -0.15) is 4.99 Å². The number of rotatable bonds is 9. The number of aliphatic imine (C=N–C) groups is 1. The summed E-state index contributed by atoms with van der Waals surface area (Å²) in [4.78, 5) is 18.8. The van der Waals surface area contributed by atoms with Gasteiger partial charge in [-0.1, -0.05) is 60.3 Å². The van der Waals surface area contributed by atoms with Gasteiger partial charge in [-0.15, -0.1) is 0 Å². The van der Waals surface area contributed by atoms with Gasteiger partial charge in [0.1, 0.15) is 11.6 Å². The number of halogens is 1. The van der Waals surface area contributed by atoms with Gasteiger partial charge in [0.25, 0.3) is 5.91 Å². The van der Waals surface area contributed by atoms with E-state index in [1.165, 1.54) is 11.8 Å². The monoisotopic (exact) mass is 589 g/mol. The van der Waals surface area contributed by atoms with E-state index in [2.05, 4.69) is 20.9 Å². The lowest BCUT2D eigenvalue weighted by atomic mass is 10.1. The van der Waals surface area contributed by atoms with Gasteiger partial charge in [0.15, 0.2) is 16.7 Å². The van der Waals surface area contributed by atoms with Crippen molar-refractivity contribution >= 4 is 56.4 Å². The van der Waals surface area contributed by atoms with Crippen LogP contribution in [0.15, 0.2) is 93.2 Å². The first kappa shape index (κ1) is 25.8. The fourth-order valence-electron chi connectivity index (χ4n) is 3.98. The number of nitrogens with zero attached hydrogens (tertiary/aromatic N) is 2. The Morgan fingerprint density at radius 3 is 2.47 bits per heavy atom. The molecule has 2 aliphatic heterocycles. The molecule has 0 aromatic heterocycles. The Hall–Kier alpha value is -3.82. The van der Waals surface area contributed by atoms with Crippen molar-refractivity contribution in [2.45, 2.75) is 6.42 Å². The first-order valence-electron chi connectivity index (χ1n) is 11.9. The Morgan fingerprint density at radius 2 is 1.74 bits per heavy atom. The summed E-state index contributed by atoms with van der Waals surface area (Å²) in [6.45, 7) is 0.957. The van der Waals surface area contributed by atoms with Crippen molar-refractivity contribution in [1.82, 2.24) is 4.90 Å². The average molecular weight is 590 g/mol. The number of thioether (sulfide) groups is 1. The highest BCUT2D eigenvalue weighted by Gasteiger charge is 2.36. The van der Waals surface area contributed by atoms with E-state index in [9.17, 15) is 4.79 Å². The molecule has 7 nitrogen and oxygen atoms in total. The van der Waals surface area contributed by atoms with E-state index in [0.717, 1.165) is 17.0 Å². The van der Waals surface area contributed by atoms with Crippen LogP contribution in [0.1, 0.15) is 17.5 Å². The maximum atomic E-state index is 12.9.